The molecule has 0 atom stereocenters. The molecule has 2 aromatic heterocycles. The van der Waals surface area contributed by atoms with Crippen molar-refractivity contribution in [2.45, 2.75) is 37.8 Å². The minimum absolute atomic E-state index is 0.122. The monoisotopic (exact) mass is 389 g/mol. The Balaban J connectivity index is 1.74. The van der Waals surface area contributed by atoms with Gasteiger partial charge in [0.15, 0.2) is 0 Å². The summed E-state index contributed by atoms with van der Waals surface area (Å²) in [7, 11) is 3.61. The molecule has 148 valence electrons. The van der Waals surface area contributed by atoms with Crippen LogP contribution in [0.15, 0.2) is 36.8 Å². The quantitative estimate of drug-likeness (QED) is 0.740. The van der Waals surface area contributed by atoms with Crippen LogP contribution in [0, 0.1) is 11.3 Å². The van der Waals surface area contributed by atoms with Crippen LogP contribution >= 0.6 is 0 Å². The summed E-state index contributed by atoms with van der Waals surface area (Å²) in [5.41, 5.74) is 2.91. The Hall–Kier alpha value is -3.24. The first-order chi connectivity index (χ1) is 14.1. The van der Waals surface area contributed by atoms with Gasteiger partial charge in [-0.25, -0.2) is 9.97 Å². The van der Waals surface area contributed by atoms with Gasteiger partial charge in [-0.05, 0) is 37.8 Å². The van der Waals surface area contributed by atoms with Crippen LogP contribution in [-0.4, -0.2) is 39.7 Å². The van der Waals surface area contributed by atoms with Crippen molar-refractivity contribution in [2.75, 3.05) is 7.11 Å². The van der Waals surface area contributed by atoms with Crippen molar-refractivity contribution < 1.29 is 9.53 Å². The minimum Gasteiger partial charge on any atom is -0.381 e. The molecule has 1 aromatic carbocycles. The molecule has 0 unspecified atom stereocenters. The number of pyridine rings is 1. The molecule has 0 bridgehead atoms. The predicted octanol–water partition coefficient (Wildman–Crippen LogP) is 3.19. The SMILES string of the molecule is CO[C@H]1CC[C@H](NC(=O)c2cc(-c3cncn3C)nc3c(C#N)cccc23)CC1. The Morgan fingerprint density at radius 1 is 1.31 bits per heavy atom. The van der Waals surface area contributed by atoms with Crippen molar-refractivity contribution in [1.82, 2.24) is 19.9 Å². The van der Waals surface area contributed by atoms with Crippen LogP contribution in [-0.2, 0) is 11.8 Å². The molecule has 0 saturated heterocycles. The number of amides is 1. The molecule has 0 spiro atoms. The van der Waals surface area contributed by atoms with Crippen molar-refractivity contribution in [3.8, 4) is 17.5 Å². The third kappa shape index (κ3) is 3.71. The number of nitrogens with zero attached hydrogens (tertiary/aromatic N) is 4. The number of carbonyl (C=O) groups is 1. The molecule has 1 fully saturated rings. The Labute approximate surface area is 169 Å². The summed E-state index contributed by atoms with van der Waals surface area (Å²) >= 11 is 0. The van der Waals surface area contributed by atoms with Crippen molar-refractivity contribution >= 4 is 16.8 Å². The molecule has 2 heterocycles. The lowest BCUT2D eigenvalue weighted by Crippen LogP contribution is -2.39. The van der Waals surface area contributed by atoms with Crippen molar-refractivity contribution in [3.05, 3.63) is 47.9 Å². The highest BCUT2D eigenvalue weighted by Crippen LogP contribution is 2.27. The second-order valence-corrected chi connectivity index (χ2v) is 7.44. The molecule has 0 aliphatic heterocycles. The van der Waals surface area contributed by atoms with Gasteiger partial charge in [0.1, 0.15) is 6.07 Å². The number of fused-ring (bicyclic) bond motifs is 1. The van der Waals surface area contributed by atoms with Gasteiger partial charge in [0, 0.05) is 25.6 Å². The zero-order valence-corrected chi connectivity index (χ0v) is 16.6. The standard InChI is InChI=1S/C22H23N5O2/c1-27-13-24-12-20(27)19-10-18(17-5-3-4-14(11-23)21(17)26-19)22(28)25-15-6-8-16(29-2)9-7-15/h3-5,10,12-13,15-16H,6-9H2,1-2H3,(H,25,28)/t15-,16-. The molecule has 29 heavy (non-hydrogen) atoms. The van der Waals surface area contributed by atoms with Crippen LogP contribution in [0.1, 0.15) is 41.6 Å². The van der Waals surface area contributed by atoms with E-state index in [1.807, 2.05) is 17.7 Å². The van der Waals surface area contributed by atoms with Crippen molar-refractivity contribution in [1.29, 1.82) is 5.26 Å². The van der Waals surface area contributed by atoms with Crippen LogP contribution in [0.25, 0.3) is 22.3 Å². The topological polar surface area (TPSA) is 92.8 Å². The summed E-state index contributed by atoms with van der Waals surface area (Å²) < 4.78 is 7.26. The molecule has 3 aromatic rings. The van der Waals surface area contributed by atoms with Gasteiger partial charge >= 0.3 is 0 Å². The minimum atomic E-state index is -0.142. The number of nitrogens with one attached hydrogen (secondary N) is 1. The van der Waals surface area contributed by atoms with Crippen molar-refractivity contribution in [3.63, 3.8) is 0 Å². The van der Waals surface area contributed by atoms with Gasteiger partial charge < -0.3 is 14.6 Å². The number of rotatable bonds is 4. The van der Waals surface area contributed by atoms with Gasteiger partial charge in [0.25, 0.3) is 5.91 Å². The van der Waals surface area contributed by atoms with Gasteiger partial charge in [0.05, 0.1) is 46.7 Å². The lowest BCUT2D eigenvalue weighted by Gasteiger charge is -2.28. The highest BCUT2D eigenvalue weighted by molar-refractivity contribution is 6.08. The number of ether oxygens (including phenoxy) is 1. The van der Waals surface area contributed by atoms with E-state index in [-0.39, 0.29) is 18.1 Å². The van der Waals surface area contributed by atoms with E-state index in [9.17, 15) is 10.1 Å². The van der Waals surface area contributed by atoms with Gasteiger partial charge in [-0.2, -0.15) is 5.26 Å². The first-order valence-corrected chi connectivity index (χ1v) is 9.75. The summed E-state index contributed by atoms with van der Waals surface area (Å²) in [5.74, 6) is -0.142. The second kappa shape index (κ2) is 8.02. The Kier molecular flexibility index (Phi) is 5.28. The van der Waals surface area contributed by atoms with Crippen LogP contribution in [0.3, 0.4) is 0 Å². The Morgan fingerprint density at radius 3 is 2.76 bits per heavy atom. The normalized spacial score (nSPS) is 19.1. The van der Waals surface area contributed by atoms with Gasteiger partial charge in [-0.1, -0.05) is 12.1 Å². The third-order valence-corrected chi connectivity index (χ3v) is 5.63. The molecular formula is C22H23N5O2. The first-order valence-electron chi connectivity index (χ1n) is 9.75. The van der Waals surface area contributed by atoms with E-state index >= 15 is 0 Å². The zero-order valence-electron chi connectivity index (χ0n) is 16.6. The number of imidazole rings is 1. The smallest absolute Gasteiger partial charge is 0.252 e. The number of carbonyl (C=O) groups excluding carboxylic acids is 1. The number of para-hydroxylation sites is 1. The maximum absolute atomic E-state index is 13.2. The lowest BCUT2D eigenvalue weighted by molar-refractivity contribution is 0.0599. The summed E-state index contributed by atoms with van der Waals surface area (Å²) in [5, 5.41) is 13.4. The molecule has 7 heteroatoms. The summed E-state index contributed by atoms with van der Waals surface area (Å²) in [6, 6.07) is 9.44. The molecule has 4 rings (SSSR count). The molecule has 1 aliphatic rings. The van der Waals surface area contributed by atoms with Crippen LogP contribution < -0.4 is 5.32 Å². The fourth-order valence-electron chi connectivity index (χ4n) is 3.97. The molecule has 1 saturated carbocycles. The Bertz CT molecular complexity index is 1090. The van der Waals surface area contributed by atoms with E-state index in [4.69, 9.17) is 4.74 Å². The molecule has 1 aliphatic carbocycles. The van der Waals surface area contributed by atoms with Crippen LogP contribution in [0.5, 0.6) is 0 Å². The molecule has 7 nitrogen and oxygen atoms in total. The second-order valence-electron chi connectivity index (χ2n) is 7.44. The highest BCUT2D eigenvalue weighted by Gasteiger charge is 2.24. The number of benzene rings is 1. The molecule has 1 N–H and O–H groups in total. The zero-order chi connectivity index (χ0) is 20.4. The number of nitriles is 1. The number of aromatic nitrogens is 3. The number of methoxy groups -OCH3 is 1. The third-order valence-electron chi connectivity index (χ3n) is 5.63. The summed E-state index contributed by atoms with van der Waals surface area (Å²) in [6.07, 6.45) is 7.34. The average Bonchev–Trinajstić information content (AvgIpc) is 3.18. The van der Waals surface area contributed by atoms with E-state index < -0.39 is 0 Å². The average molecular weight is 389 g/mol. The predicted molar refractivity (Wildman–Crippen MR) is 109 cm³/mol. The van der Waals surface area contributed by atoms with Crippen LogP contribution in [0.4, 0.5) is 0 Å². The Morgan fingerprint density at radius 2 is 2.10 bits per heavy atom. The maximum Gasteiger partial charge on any atom is 0.252 e. The first kappa shape index (κ1) is 19.1. The number of aryl methyl sites for hydroxylation is 1. The van der Waals surface area contributed by atoms with Gasteiger partial charge in [0.2, 0.25) is 0 Å². The number of hydrogen-bond acceptors (Lipinski definition) is 5. The summed E-state index contributed by atoms with van der Waals surface area (Å²) in [4.78, 5) is 22.0. The van der Waals surface area contributed by atoms with Gasteiger partial charge in [-0.3, -0.25) is 4.79 Å². The lowest BCUT2D eigenvalue weighted by atomic mass is 9.92. The molecular weight excluding hydrogens is 366 g/mol. The molecule has 1 amide bonds. The van der Waals surface area contributed by atoms with Crippen LogP contribution in [0.2, 0.25) is 0 Å². The van der Waals surface area contributed by atoms with E-state index in [2.05, 4.69) is 21.4 Å². The van der Waals surface area contributed by atoms with E-state index in [0.29, 0.717) is 27.7 Å². The summed E-state index contributed by atoms with van der Waals surface area (Å²) in [6.45, 7) is 0. The highest BCUT2D eigenvalue weighted by atomic mass is 16.5. The van der Waals surface area contributed by atoms with E-state index in [0.717, 1.165) is 31.4 Å². The fourth-order valence-corrected chi connectivity index (χ4v) is 3.97. The number of hydrogen-bond donors (Lipinski definition) is 1. The largest absolute Gasteiger partial charge is 0.381 e. The fraction of sp³-hybridized carbons (Fsp3) is 0.364. The maximum atomic E-state index is 13.2. The molecule has 0 radical (unpaired) electrons. The van der Waals surface area contributed by atoms with Gasteiger partial charge in [-0.15, -0.1) is 0 Å². The van der Waals surface area contributed by atoms with E-state index in [1.54, 1.807) is 37.8 Å². The van der Waals surface area contributed by atoms with Crippen molar-refractivity contribution in [2.24, 2.45) is 7.05 Å². The van der Waals surface area contributed by atoms with E-state index in [1.165, 1.54) is 0 Å².